The second-order valence-electron chi connectivity index (χ2n) is 6.23. The third-order valence-corrected chi connectivity index (χ3v) is 4.38. The van der Waals surface area contributed by atoms with Crippen LogP contribution in [-0.2, 0) is 9.47 Å². The number of hydrogen-bond donors (Lipinski definition) is 1. The minimum Gasteiger partial charge on any atom is -0.348 e. The van der Waals surface area contributed by atoms with E-state index in [1.165, 1.54) is 19.3 Å². The van der Waals surface area contributed by atoms with Gasteiger partial charge < -0.3 is 14.8 Å². The van der Waals surface area contributed by atoms with Crippen LogP contribution in [0.5, 0.6) is 0 Å². The first-order valence-corrected chi connectivity index (χ1v) is 7.03. The predicted octanol–water partition coefficient (Wildman–Crippen LogP) is 2.55. The zero-order valence-electron chi connectivity index (χ0n) is 11.7. The fourth-order valence-corrected chi connectivity index (χ4v) is 3.02. The van der Waals surface area contributed by atoms with E-state index in [1.54, 1.807) is 0 Å². The predicted molar refractivity (Wildman–Crippen MR) is 68.9 cm³/mol. The van der Waals surface area contributed by atoms with Gasteiger partial charge in [0.25, 0.3) is 0 Å². The Balaban J connectivity index is 1.75. The summed E-state index contributed by atoms with van der Waals surface area (Å²) < 4.78 is 11.4. The summed E-state index contributed by atoms with van der Waals surface area (Å²) in [6, 6.07) is 0.658. The maximum Gasteiger partial charge on any atom is 0.163 e. The topological polar surface area (TPSA) is 30.5 Å². The lowest BCUT2D eigenvalue weighted by Gasteiger charge is -2.35. The summed E-state index contributed by atoms with van der Waals surface area (Å²) in [6.07, 6.45) is 4.27. The van der Waals surface area contributed by atoms with Gasteiger partial charge in [-0.05, 0) is 32.1 Å². The van der Waals surface area contributed by atoms with Crippen LogP contribution in [0.15, 0.2) is 0 Å². The fraction of sp³-hybridized carbons (Fsp3) is 1.00. The Morgan fingerprint density at radius 3 is 2.65 bits per heavy atom. The van der Waals surface area contributed by atoms with Gasteiger partial charge in [0.15, 0.2) is 5.79 Å². The summed E-state index contributed by atoms with van der Waals surface area (Å²) in [6.45, 7) is 10.4. The largest absolute Gasteiger partial charge is 0.348 e. The number of ether oxygens (including phenoxy) is 2. The van der Waals surface area contributed by atoms with Gasteiger partial charge in [-0.2, -0.15) is 0 Å². The van der Waals surface area contributed by atoms with Crippen LogP contribution >= 0.6 is 0 Å². The molecule has 4 atom stereocenters. The average molecular weight is 241 g/mol. The molecule has 1 saturated carbocycles. The smallest absolute Gasteiger partial charge is 0.163 e. The van der Waals surface area contributed by atoms with Gasteiger partial charge in [-0.1, -0.05) is 26.7 Å². The minimum absolute atomic E-state index is 0.217. The molecule has 0 spiro atoms. The molecule has 2 aliphatic rings. The Bertz CT molecular complexity index is 255. The van der Waals surface area contributed by atoms with Crippen LogP contribution in [0.4, 0.5) is 0 Å². The fourth-order valence-electron chi connectivity index (χ4n) is 3.02. The molecule has 0 aromatic carbocycles. The zero-order valence-corrected chi connectivity index (χ0v) is 11.7. The van der Waals surface area contributed by atoms with Gasteiger partial charge in [0.1, 0.15) is 0 Å². The van der Waals surface area contributed by atoms with Crippen molar-refractivity contribution in [3.05, 3.63) is 0 Å². The zero-order chi connectivity index (χ0) is 12.5. The van der Waals surface area contributed by atoms with Gasteiger partial charge in [-0.25, -0.2) is 0 Å². The van der Waals surface area contributed by atoms with E-state index in [4.69, 9.17) is 9.47 Å². The van der Waals surface area contributed by atoms with Crippen LogP contribution in [0.3, 0.4) is 0 Å². The van der Waals surface area contributed by atoms with Crippen molar-refractivity contribution in [2.75, 3.05) is 13.2 Å². The molecule has 1 aliphatic heterocycles. The van der Waals surface area contributed by atoms with E-state index >= 15 is 0 Å². The second kappa shape index (κ2) is 5.25. The van der Waals surface area contributed by atoms with E-state index < -0.39 is 5.79 Å². The van der Waals surface area contributed by atoms with E-state index in [2.05, 4.69) is 19.2 Å². The molecule has 1 heterocycles. The highest BCUT2D eigenvalue weighted by Gasteiger charge is 2.33. The van der Waals surface area contributed by atoms with Gasteiger partial charge in [-0.15, -0.1) is 0 Å². The van der Waals surface area contributed by atoms with Gasteiger partial charge >= 0.3 is 0 Å². The summed E-state index contributed by atoms with van der Waals surface area (Å²) in [5.74, 6) is 1.23. The molecule has 100 valence electrons. The van der Waals surface area contributed by atoms with E-state index in [1.807, 2.05) is 13.8 Å². The monoisotopic (exact) mass is 241 g/mol. The lowest BCUT2D eigenvalue weighted by molar-refractivity contribution is -0.138. The molecule has 0 aromatic rings. The standard InChI is InChI=1S/C14H27NO2/c1-10-6-5-7-13(11(10)2)15-8-12-9-16-14(3,4)17-12/h10-13,15H,5-9H2,1-4H3. The van der Waals surface area contributed by atoms with Gasteiger partial charge in [0.2, 0.25) is 0 Å². The molecule has 4 unspecified atom stereocenters. The molecule has 0 amide bonds. The van der Waals surface area contributed by atoms with Crippen LogP contribution in [-0.4, -0.2) is 31.1 Å². The van der Waals surface area contributed by atoms with Crippen molar-refractivity contribution in [2.45, 2.75) is 64.9 Å². The Morgan fingerprint density at radius 2 is 2.00 bits per heavy atom. The quantitative estimate of drug-likeness (QED) is 0.823. The van der Waals surface area contributed by atoms with E-state index in [0.29, 0.717) is 6.04 Å². The highest BCUT2D eigenvalue weighted by molar-refractivity contribution is 4.84. The Morgan fingerprint density at radius 1 is 1.24 bits per heavy atom. The molecule has 3 heteroatoms. The third-order valence-electron chi connectivity index (χ3n) is 4.38. The van der Waals surface area contributed by atoms with E-state index in [9.17, 15) is 0 Å². The van der Waals surface area contributed by atoms with Gasteiger partial charge in [0.05, 0.1) is 12.7 Å². The first-order valence-electron chi connectivity index (χ1n) is 7.03. The summed E-state index contributed by atoms with van der Waals surface area (Å²) in [5.41, 5.74) is 0. The second-order valence-corrected chi connectivity index (χ2v) is 6.23. The number of hydrogen-bond acceptors (Lipinski definition) is 3. The summed E-state index contributed by atoms with van der Waals surface area (Å²) in [4.78, 5) is 0. The molecule has 2 rings (SSSR count). The van der Waals surface area contributed by atoms with Crippen molar-refractivity contribution in [1.29, 1.82) is 0 Å². The normalized spacial score (nSPS) is 41.6. The molecule has 0 bridgehead atoms. The van der Waals surface area contributed by atoms with Gasteiger partial charge in [-0.3, -0.25) is 0 Å². The van der Waals surface area contributed by atoms with Crippen LogP contribution in [0, 0.1) is 11.8 Å². The number of rotatable bonds is 3. The lowest BCUT2D eigenvalue weighted by atomic mass is 9.78. The van der Waals surface area contributed by atoms with Crippen LogP contribution in [0.1, 0.15) is 47.0 Å². The molecule has 1 aliphatic carbocycles. The first-order chi connectivity index (χ1) is 7.98. The molecule has 1 saturated heterocycles. The lowest BCUT2D eigenvalue weighted by Crippen LogP contribution is -2.44. The van der Waals surface area contributed by atoms with E-state index in [-0.39, 0.29) is 6.10 Å². The number of nitrogens with one attached hydrogen (secondary N) is 1. The van der Waals surface area contributed by atoms with Crippen molar-refractivity contribution >= 4 is 0 Å². The Kier molecular flexibility index (Phi) is 4.11. The molecular weight excluding hydrogens is 214 g/mol. The SMILES string of the molecule is CC1CCCC(NCC2COC(C)(C)O2)C1C. The molecule has 2 fully saturated rings. The van der Waals surface area contributed by atoms with Crippen molar-refractivity contribution in [3.63, 3.8) is 0 Å². The van der Waals surface area contributed by atoms with E-state index in [0.717, 1.165) is 25.0 Å². The Labute approximate surface area is 105 Å². The van der Waals surface area contributed by atoms with Crippen molar-refractivity contribution in [1.82, 2.24) is 5.32 Å². The summed E-state index contributed by atoms with van der Waals surface area (Å²) in [5, 5.41) is 3.68. The van der Waals surface area contributed by atoms with Crippen molar-refractivity contribution in [2.24, 2.45) is 11.8 Å². The Hall–Kier alpha value is -0.120. The molecule has 3 nitrogen and oxygen atoms in total. The van der Waals surface area contributed by atoms with Crippen molar-refractivity contribution < 1.29 is 9.47 Å². The molecular formula is C14H27NO2. The van der Waals surface area contributed by atoms with Crippen LogP contribution < -0.4 is 5.32 Å². The highest BCUT2D eigenvalue weighted by Crippen LogP contribution is 2.30. The maximum absolute atomic E-state index is 5.82. The molecule has 0 aromatic heterocycles. The summed E-state index contributed by atoms with van der Waals surface area (Å²) >= 11 is 0. The molecule has 1 N–H and O–H groups in total. The summed E-state index contributed by atoms with van der Waals surface area (Å²) in [7, 11) is 0. The van der Waals surface area contributed by atoms with Crippen LogP contribution in [0.25, 0.3) is 0 Å². The first kappa shape index (κ1) is 13.3. The van der Waals surface area contributed by atoms with Gasteiger partial charge in [0, 0.05) is 12.6 Å². The average Bonchev–Trinajstić information content (AvgIpc) is 2.61. The third kappa shape index (κ3) is 3.43. The molecule has 17 heavy (non-hydrogen) atoms. The molecule has 0 radical (unpaired) electrons. The van der Waals surface area contributed by atoms with Crippen molar-refractivity contribution in [3.8, 4) is 0 Å². The highest BCUT2D eigenvalue weighted by atomic mass is 16.7. The minimum atomic E-state index is -0.391. The maximum atomic E-state index is 5.82. The van der Waals surface area contributed by atoms with Crippen LogP contribution in [0.2, 0.25) is 0 Å².